The van der Waals surface area contributed by atoms with Crippen molar-refractivity contribution in [3.05, 3.63) is 83.0 Å². The Morgan fingerprint density at radius 3 is 2.41 bits per heavy atom. The average Bonchev–Trinajstić information content (AvgIpc) is 3.11. The van der Waals surface area contributed by atoms with E-state index in [1.165, 1.54) is 23.2 Å². The van der Waals surface area contributed by atoms with Crippen LogP contribution in [0.3, 0.4) is 0 Å². The molecule has 0 atom stereocenters. The molecule has 37 heavy (non-hydrogen) atoms. The van der Waals surface area contributed by atoms with Crippen LogP contribution in [0.25, 0.3) is 0 Å². The highest BCUT2D eigenvalue weighted by molar-refractivity contribution is 7.92. The fraction of sp³-hybridized carbons (Fsp3) is 0.130. The number of amides is 4. The van der Waals surface area contributed by atoms with E-state index in [0.717, 1.165) is 17.0 Å². The smallest absolute Gasteiger partial charge is 0.310 e. The van der Waals surface area contributed by atoms with Crippen LogP contribution >= 0.6 is 11.6 Å². The van der Waals surface area contributed by atoms with Crippen LogP contribution in [0.4, 0.5) is 29.5 Å². The Morgan fingerprint density at radius 1 is 1.05 bits per heavy atom. The van der Waals surface area contributed by atoms with Gasteiger partial charge in [0.25, 0.3) is 21.7 Å². The lowest BCUT2D eigenvalue weighted by atomic mass is 10.2. The molecule has 2 aromatic carbocycles. The van der Waals surface area contributed by atoms with Gasteiger partial charge in [0.05, 0.1) is 10.6 Å². The Hall–Kier alpha value is -3.97. The predicted molar refractivity (Wildman–Crippen MR) is 127 cm³/mol. The molecule has 4 amide bonds. The number of rotatable bonds is 6. The van der Waals surface area contributed by atoms with Crippen molar-refractivity contribution in [1.82, 2.24) is 9.88 Å². The first-order valence-electron chi connectivity index (χ1n) is 10.4. The van der Waals surface area contributed by atoms with Gasteiger partial charge in [-0.2, -0.15) is 13.2 Å². The summed E-state index contributed by atoms with van der Waals surface area (Å²) < 4.78 is 61.4. The second-order valence-corrected chi connectivity index (χ2v) is 10.2. The maximum atomic E-state index is 12.9. The van der Waals surface area contributed by atoms with E-state index in [-0.39, 0.29) is 24.6 Å². The molecule has 14 heteroatoms. The van der Waals surface area contributed by atoms with Gasteiger partial charge in [-0.05, 0) is 60.2 Å². The summed E-state index contributed by atoms with van der Waals surface area (Å²) in [4.78, 5) is 42.8. The number of carbonyl (C=O) groups is 3. The van der Waals surface area contributed by atoms with E-state index < -0.39 is 38.1 Å². The zero-order valence-electron chi connectivity index (χ0n) is 18.6. The fourth-order valence-electron chi connectivity index (χ4n) is 3.52. The number of benzene rings is 2. The molecule has 9 nitrogen and oxygen atoms in total. The molecule has 0 spiro atoms. The van der Waals surface area contributed by atoms with Crippen molar-refractivity contribution in [3.63, 3.8) is 0 Å². The van der Waals surface area contributed by atoms with Crippen molar-refractivity contribution in [2.24, 2.45) is 0 Å². The molecule has 0 radical (unpaired) electrons. The molecule has 0 saturated carbocycles. The number of carbonyl (C=O) groups excluding carboxylic acids is 3. The van der Waals surface area contributed by atoms with Crippen LogP contribution < -0.4 is 10.2 Å². The average molecular weight is 553 g/mol. The summed E-state index contributed by atoms with van der Waals surface area (Å²) in [6.07, 6.45) is 1.41. The van der Waals surface area contributed by atoms with E-state index in [9.17, 15) is 36.0 Å². The van der Waals surface area contributed by atoms with Gasteiger partial charge in [-0.25, -0.2) is 23.1 Å². The van der Waals surface area contributed by atoms with Gasteiger partial charge in [-0.3, -0.25) is 9.59 Å². The van der Waals surface area contributed by atoms with Gasteiger partial charge in [-0.1, -0.05) is 17.7 Å². The molecule has 0 unspecified atom stereocenters. The third kappa shape index (κ3) is 5.42. The monoisotopic (exact) mass is 552 g/mol. The number of alkyl halides is 3. The first kappa shape index (κ1) is 26.1. The van der Waals surface area contributed by atoms with Crippen LogP contribution in [0.15, 0.2) is 71.8 Å². The standard InChI is InChI=1S/C23H16ClF3N4O5S/c24-16-3-1-2-15(11-16)21(33)29-19-10-14(8-9-28-19)12-30-13-20(32)31(22(30)34)17-4-6-18(7-5-17)37(35,36)23(25,26)27/h1-11H,12-13H2,(H,28,29,33). The first-order chi connectivity index (χ1) is 17.4. The van der Waals surface area contributed by atoms with E-state index in [2.05, 4.69) is 10.3 Å². The molecule has 2 heterocycles. The summed E-state index contributed by atoms with van der Waals surface area (Å²) in [5.41, 5.74) is -4.72. The summed E-state index contributed by atoms with van der Waals surface area (Å²) in [7, 11) is -5.57. The molecule has 0 aliphatic carbocycles. The maximum absolute atomic E-state index is 12.9. The van der Waals surface area contributed by atoms with E-state index >= 15 is 0 Å². The second-order valence-electron chi connectivity index (χ2n) is 7.82. The number of aromatic nitrogens is 1. The van der Waals surface area contributed by atoms with Crippen molar-refractivity contribution >= 4 is 50.8 Å². The fourth-order valence-corrected chi connectivity index (χ4v) is 4.47. The summed E-state index contributed by atoms with van der Waals surface area (Å²) in [6.45, 7) is -0.363. The molecular formula is C23H16ClF3N4O5S. The van der Waals surface area contributed by atoms with Crippen molar-refractivity contribution in [3.8, 4) is 0 Å². The van der Waals surface area contributed by atoms with Crippen LogP contribution in [-0.4, -0.2) is 48.2 Å². The van der Waals surface area contributed by atoms with Crippen LogP contribution in [-0.2, 0) is 21.2 Å². The number of pyridine rings is 1. The SMILES string of the molecule is O=C(Nc1cc(CN2CC(=O)N(c3ccc(S(=O)(=O)C(F)(F)F)cc3)C2=O)ccn1)c1cccc(Cl)c1. The second kappa shape index (κ2) is 9.82. The molecule has 1 fully saturated rings. The van der Waals surface area contributed by atoms with Gasteiger partial charge in [0, 0.05) is 23.3 Å². The minimum Gasteiger partial charge on any atom is -0.310 e. The number of halogens is 4. The zero-order chi connectivity index (χ0) is 27.0. The van der Waals surface area contributed by atoms with Gasteiger partial charge < -0.3 is 10.2 Å². The highest BCUT2D eigenvalue weighted by atomic mass is 35.5. The van der Waals surface area contributed by atoms with Crippen molar-refractivity contribution in [1.29, 1.82) is 0 Å². The molecule has 1 aromatic heterocycles. The lowest BCUT2D eigenvalue weighted by Gasteiger charge is -2.18. The van der Waals surface area contributed by atoms with Crippen LogP contribution in [0, 0.1) is 0 Å². The van der Waals surface area contributed by atoms with Crippen molar-refractivity contribution < 1.29 is 36.0 Å². The van der Waals surface area contributed by atoms with Gasteiger partial charge in [0.15, 0.2) is 0 Å². The van der Waals surface area contributed by atoms with E-state index in [1.807, 2.05) is 0 Å². The number of nitrogens with one attached hydrogen (secondary N) is 1. The van der Waals surface area contributed by atoms with Crippen molar-refractivity contribution in [2.75, 3.05) is 16.8 Å². The van der Waals surface area contributed by atoms with Gasteiger partial charge >= 0.3 is 11.5 Å². The van der Waals surface area contributed by atoms with Crippen molar-refractivity contribution in [2.45, 2.75) is 16.9 Å². The number of imide groups is 1. The predicted octanol–water partition coefficient (Wildman–Crippen LogP) is 4.25. The number of hydrogen-bond acceptors (Lipinski definition) is 6. The Labute approximate surface area is 213 Å². The van der Waals surface area contributed by atoms with E-state index in [0.29, 0.717) is 28.3 Å². The van der Waals surface area contributed by atoms with Gasteiger partial charge in [0.2, 0.25) is 0 Å². The quantitative estimate of drug-likeness (QED) is 0.457. The van der Waals surface area contributed by atoms with E-state index in [4.69, 9.17) is 11.6 Å². The highest BCUT2D eigenvalue weighted by Gasteiger charge is 2.47. The number of urea groups is 1. The molecular weight excluding hydrogens is 537 g/mol. The number of anilines is 2. The summed E-state index contributed by atoms with van der Waals surface area (Å²) in [5.74, 6) is -0.916. The lowest BCUT2D eigenvalue weighted by molar-refractivity contribution is -0.116. The first-order valence-corrected chi connectivity index (χ1v) is 12.3. The lowest BCUT2D eigenvalue weighted by Crippen LogP contribution is -2.32. The van der Waals surface area contributed by atoms with E-state index in [1.54, 1.807) is 24.3 Å². The zero-order valence-corrected chi connectivity index (χ0v) is 20.1. The molecule has 1 aliphatic rings. The third-order valence-corrected chi connectivity index (χ3v) is 7.01. The maximum Gasteiger partial charge on any atom is 0.501 e. The molecule has 1 aliphatic heterocycles. The minimum absolute atomic E-state index is 0.0375. The Kier molecular flexibility index (Phi) is 6.93. The molecule has 3 aromatic rings. The van der Waals surface area contributed by atoms with Crippen LogP contribution in [0.1, 0.15) is 15.9 Å². The summed E-state index contributed by atoms with van der Waals surface area (Å²) in [6, 6.07) is 11.9. The summed E-state index contributed by atoms with van der Waals surface area (Å²) >= 11 is 5.90. The topological polar surface area (TPSA) is 117 Å². The van der Waals surface area contributed by atoms with Gasteiger partial charge in [0.1, 0.15) is 12.4 Å². The molecule has 1 N–H and O–H groups in total. The Bertz CT molecular complexity index is 1500. The minimum atomic E-state index is -5.57. The Balaban J connectivity index is 1.47. The number of hydrogen-bond donors (Lipinski definition) is 1. The normalized spacial score (nSPS) is 14.3. The largest absolute Gasteiger partial charge is 0.501 e. The number of nitrogens with zero attached hydrogens (tertiary/aromatic N) is 3. The Morgan fingerprint density at radius 2 is 1.76 bits per heavy atom. The third-order valence-electron chi connectivity index (χ3n) is 5.27. The van der Waals surface area contributed by atoms with Crippen LogP contribution in [0.2, 0.25) is 5.02 Å². The molecule has 0 bridgehead atoms. The van der Waals surface area contributed by atoms with Crippen LogP contribution in [0.5, 0.6) is 0 Å². The number of sulfone groups is 1. The summed E-state index contributed by atoms with van der Waals surface area (Å²) in [5, 5.41) is 3.00. The molecule has 4 rings (SSSR count). The molecule has 1 saturated heterocycles. The molecule has 192 valence electrons. The van der Waals surface area contributed by atoms with Gasteiger partial charge in [-0.15, -0.1) is 0 Å². The highest BCUT2D eigenvalue weighted by Crippen LogP contribution is 2.32.